The third kappa shape index (κ3) is 8.49. The normalized spacial score (nSPS) is 11.9. The Hall–Kier alpha value is -3.56. The van der Waals surface area contributed by atoms with E-state index in [2.05, 4.69) is 5.32 Å². The predicted molar refractivity (Wildman–Crippen MR) is 168 cm³/mol. The van der Waals surface area contributed by atoms with Gasteiger partial charge in [0.05, 0.1) is 17.7 Å². The van der Waals surface area contributed by atoms with Crippen LogP contribution in [0.5, 0.6) is 5.75 Å². The van der Waals surface area contributed by atoms with E-state index in [1.165, 1.54) is 30.2 Å². The van der Waals surface area contributed by atoms with E-state index in [-0.39, 0.29) is 33.8 Å². The molecular formula is C32H40ClN3O5S. The minimum Gasteiger partial charge on any atom is -0.495 e. The molecule has 226 valence electrons. The molecule has 42 heavy (non-hydrogen) atoms. The second kappa shape index (κ2) is 15.6. The third-order valence-electron chi connectivity index (χ3n) is 7.00. The topological polar surface area (TPSA) is 96.0 Å². The molecule has 3 aromatic carbocycles. The minimum absolute atomic E-state index is 0.0168. The molecule has 8 nitrogen and oxygen atoms in total. The van der Waals surface area contributed by atoms with Crippen molar-refractivity contribution in [1.29, 1.82) is 0 Å². The summed E-state index contributed by atoms with van der Waals surface area (Å²) in [6.45, 7) is 5.91. The molecule has 2 amide bonds. The van der Waals surface area contributed by atoms with E-state index in [0.29, 0.717) is 19.4 Å². The van der Waals surface area contributed by atoms with Gasteiger partial charge in [-0.2, -0.15) is 0 Å². The van der Waals surface area contributed by atoms with Crippen molar-refractivity contribution in [2.45, 2.75) is 57.4 Å². The Morgan fingerprint density at radius 3 is 2.31 bits per heavy atom. The van der Waals surface area contributed by atoms with Crippen molar-refractivity contribution in [3.05, 3.63) is 88.9 Å². The average Bonchev–Trinajstić information content (AvgIpc) is 2.98. The maximum absolute atomic E-state index is 14.2. The van der Waals surface area contributed by atoms with Gasteiger partial charge in [-0.25, -0.2) is 8.42 Å². The molecule has 3 aromatic rings. The molecule has 0 radical (unpaired) electrons. The van der Waals surface area contributed by atoms with Crippen LogP contribution in [0.3, 0.4) is 0 Å². The first kappa shape index (κ1) is 32.9. The summed E-state index contributed by atoms with van der Waals surface area (Å²) in [5.41, 5.74) is 2.02. The zero-order valence-corrected chi connectivity index (χ0v) is 26.2. The molecule has 0 spiro atoms. The van der Waals surface area contributed by atoms with Gasteiger partial charge >= 0.3 is 0 Å². The van der Waals surface area contributed by atoms with Crippen LogP contribution in [-0.2, 0) is 26.0 Å². The highest BCUT2D eigenvalue weighted by Crippen LogP contribution is 2.35. The lowest BCUT2D eigenvalue weighted by molar-refractivity contribution is -0.139. The van der Waals surface area contributed by atoms with Crippen LogP contribution in [0.4, 0.5) is 5.69 Å². The quantitative estimate of drug-likeness (QED) is 0.225. The van der Waals surface area contributed by atoms with Gasteiger partial charge in [0.15, 0.2) is 0 Å². The zero-order valence-electron chi connectivity index (χ0n) is 24.7. The Balaban J connectivity index is 2.05. The molecule has 0 heterocycles. The molecule has 0 aliphatic carbocycles. The first-order chi connectivity index (χ1) is 20.1. The average molecular weight is 614 g/mol. The van der Waals surface area contributed by atoms with Gasteiger partial charge < -0.3 is 15.0 Å². The number of rotatable bonds is 15. The van der Waals surface area contributed by atoms with Gasteiger partial charge in [-0.15, -0.1) is 0 Å². The van der Waals surface area contributed by atoms with Crippen LogP contribution < -0.4 is 14.4 Å². The van der Waals surface area contributed by atoms with Crippen LogP contribution in [0.2, 0.25) is 5.02 Å². The number of nitrogens with one attached hydrogen (secondary N) is 1. The van der Waals surface area contributed by atoms with Crippen LogP contribution in [0.1, 0.15) is 44.2 Å². The predicted octanol–water partition coefficient (Wildman–Crippen LogP) is 5.62. The maximum Gasteiger partial charge on any atom is 0.264 e. The van der Waals surface area contributed by atoms with Crippen molar-refractivity contribution in [1.82, 2.24) is 10.2 Å². The fourth-order valence-electron chi connectivity index (χ4n) is 4.61. The van der Waals surface area contributed by atoms with Gasteiger partial charge in [0, 0.05) is 18.1 Å². The molecule has 0 saturated carbocycles. The number of unbranched alkanes of at least 4 members (excludes halogenated alkanes) is 1. The Labute approximate surface area is 254 Å². The summed E-state index contributed by atoms with van der Waals surface area (Å²) in [6, 6.07) is 19.9. The summed E-state index contributed by atoms with van der Waals surface area (Å²) in [6.07, 6.45) is 2.60. The number of carbonyl (C=O) groups is 2. The number of hydrogen-bond donors (Lipinski definition) is 1. The van der Waals surface area contributed by atoms with E-state index >= 15 is 0 Å². The molecular weight excluding hydrogens is 574 g/mol. The molecule has 0 aromatic heterocycles. The Morgan fingerprint density at radius 1 is 1.00 bits per heavy atom. The summed E-state index contributed by atoms with van der Waals surface area (Å²) >= 11 is 6.30. The van der Waals surface area contributed by atoms with Crippen molar-refractivity contribution in [2.75, 3.05) is 31.0 Å². The second-order valence-electron chi connectivity index (χ2n) is 10.0. The molecule has 3 rings (SSSR count). The first-order valence-electron chi connectivity index (χ1n) is 14.2. The fourth-order valence-corrected chi connectivity index (χ4v) is 6.19. The number of anilines is 1. The highest BCUT2D eigenvalue weighted by molar-refractivity contribution is 7.92. The number of aryl methyl sites for hydroxylation is 1. The summed E-state index contributed by atoms with van der Waals surface area (Å²) in [5.74, 6) is -0.537. The van der Waals surface area contributed by atoms with Crippen molar-refractivity contribution >= 4 is 39.1 Å². The molecule has 10 heteroatoms. The maximum atomic E-state index is 14.2. The number of methoxy groups -OCH3 is 1. The third-order valence-corrected chi connectivity index (χ3v) is 9.01. The molecule has 1 atom stereocenters. The summed E-state index contributed by atoms with van der Waals surface area (Å²) in [4.78, 5) is 29.0. The van der Waals surface area contributed by atoms with E-state index in [4.69, 9.17) is 16.3 Å². The van der Waals surface area contributed by atoms with Crippen molar-refractivity contribution in [3.63, 3.8) is 0 Å². The highest BCUT2D eigenvalue weighted by atomic mass is 35.5. The summed E-state index contributed by atoms with van der Waals surface area (Å²) < 4.78 is 34.7. The van der Waals surface area contributed by atoms with Gasteiger partial charge in [-0.05, 0) is 62.1 Å². The van der Waals surface area contributed by atoms with Gasteiger partial charge in [-0.3, -0.25) is 13.9 Å². The molecule has 1 unspecified atom stereocenters. The number of halogens is 1. The van der Waals surface area contributed by atoms with Gasteiger partial charge in [0.1, 0.15) is 18.3 Å². The van der Waals surface area contributed by atoms with Gasteiger partial charge in [0.25, 0.3) is 10.0 Å². The van der Waals surface area contributed by atoms with E-state index in [1.807, 2.05) is 51.1 Å². The molecule has 0 fully saturated rings. The highest BCUT2D eigenvalue weighted by Gasteiger charge is 2.34. The number of carbonyl (C=O) groups excluding carboxylic acids is 2. The summed E-state index contributed by atoms with van der Waals surface area (Å²) in [5, 5.41) is 3.22. The standard InChI is InChI=1S/C32H40ClN3O5S/c1-5-7-20-34-32(38)28(6-2)35(21-19-25-11-9-8-10-12-25)31(37)23-36(29-22-26(33)15-18-30(29)41-4)42(39,40)27-16-13-24(3)14-17-27/h8-18,22,28H,5-7,19-21,23H2,1-4H3,(H,34,38). The Kier molecular flexibility index (Phi) is 12.2. The first-order valence-corrected chi connectivity index (χ1v) is 16.0. The fraction of sp³-hybridized carbons (Fsp3) is 0.375. The number of hydrogen-bond acceptors (Lipinski definition) is 5. The van der Waals surface area contributed by atoms with E-state index in [9.17, 15) is 18.0 Å². The van der Waals surface area contributed by atoms with Crippen LogP contribution in [-0.4, -0.2) is 57.9 Å². The van der Waals surface area contributed by atoms with Crippen molar-refractivity contribution < 1.29 is 22.7 Å². The van der Waals surface area contributed by atoms with Crippen molar-refractivity contribution in [2.24, 2.45) is 0 Å². The number of benzene rings is 3. The number of ether oxygens (including phenoxy) is 1. The minimum atomic E-state index is -4.24. The van der Waals surface area contributed by atoms with Crippen LogP contribution in [0.25, 0.3) is 0 Å². The molecule has 0 bridgehead atoms. The van der Waals surface area contributed by atoms with Crippen LogP contribution in [0.15, 0.2) is 77.7 Å². The monoisotopic (exact) mass is 613 g/mol. The second-order valence-corrected chi connectivity index (χ2v) is 12.3. The number of amides is 2. The van der Waals surface area contributed by atoms with E-state index in [1.54, 1.807) is 24.3 Å². The molecule has 0 aliphatic rings. The molecule has 0 aliphatic heterocycles. The van der Waals surface area contributed by atoms with Crippen LogP contribution in [0, 0.1) is 6.92 Å². The summed E-state index contributed by atoms with van der Waals surface area (Å²) in [7, 11) is -2.82. The SMILES string of the molecule is CCCCNC(=O)C(CC)N(CCc1ccccc1)C(=O)CN(c1cc(Cl)ccc1OC)S(=O)(=O)c1ccc(C)cc1. The Morgan fingerprint density at radius 2 is 1.69 bits per heavy atom. The zero-order chi connectivity index (χ0) is 30.7. The lowest BCUT2D eigenvalue weighted by Crippen LogP contribution is -2.53. The number of sulfonamides is 1. The Bertz CT molecular complexity index is 1430. The van der Waals surface area contributed by atoms with Crippen molar-refractivity contribution in [3.8, 4) is 5.75 Å². The largest absolute Gasteiger partial charge is 0.495 e. The van der Waals surface area contributed by atoms with Gasteiger partial charge in [-0.1, -0.05) is 79.9 Å². The lowest BCUT2D eigenvalue weighted by Gasteiger charge is -2.33. The van der Waals surface area contributed by atoms with Crippen LogP contribution >= 0.6 is 11.6 Å². The number of nitrogens with zero attached hydrogens (tertiary/aromatic N) is 2. The van der Waals surface area contributed by atoms with E-state index in [0.717, 1.165) is 28.3 Å². The molecule has 0 saturated heterocycles. The lowest BCUT2D eigenvalue weighted by atomic mass is 10.1. The van der Waals surface area contributed by atoms with E-state index < -0.39 is 28.5 Å². The molecule has 1 N–H and O–H groups in total. The smallest absolute Gasteiger partial charge is 0.264 e. The van der Waals surface area contributed by atoms with Gasteiger partial charge in [0.2, 0.25) is 11.8 Å².